The van der Waals surface area contributed by atoms with Crippen LogP contribution < -0.4 is 43.0 Å². The summed E-state index contributed by atoms with van der Waals surface area (Å²) in [6, 6.07) is -8.32. The smallest absolute Gasteiger partial charge is 0.326 e. The Morgan fingerprint density at radius 2 is 0.929 bits per heavy atom. The zero-order chi connectivity index (χ0) is 43.6. The molecule has 56 heavy (non-hydrogen) atoms. The Bertz CT molecular complexity index is 1340. The van der Waals surface area contributed by atoms with Crippen LogP contribution in [0.25, 0.3) is 0 Å². The molecule has 18 nitrogen and oxygen atoms in total. The molecule has 11 N–H and O–H groups in total. The van der Waals surface area contributed by atoms with E-state index in [0.717, 1.165) is 0 Å². The van der Waals surface area contributed by atoms with Crippen LogP contribution in [0.3, 0.4) is 0 Å². The number of aliphatic carboxylic acids is 1. The fourth-order valence-electron chi connectivity index (χ4n) is 5.37. The van der Waals surface area contributed by atoms with Gasteiger partial charge in [-0.1, -0.05) is 69.2 Å². The van der Waals surface area contributed by atoms with Gasteiger partial charge in [0, 0.05) is 5.75 Å². The first kappa shape index (κ1) is 52.0. The molecule has 0 aliphatic heterocycles. The van der Waals surface area contributed by atoms with Gasteiger partial charge in [-0.15, -0.1) is 0 Å². The first-order valence-electron chi connectivity index (χ1n) is 19.2. The summed E-state index contributed by atoms with van der Waals surface area (Å²) in [4.78, 5) is 104. The lowest BCUT2D eigenvalue weighted by molar-refractivity contribution is -0.142. The van der Waals surface area contributed by atoms with Crippen molar-refractivity contribution in [2.75, 3.05) is 12.3 Å². The number of carboxylic acid groups (broad SMARTS) is 1. The number of thiol groups is 1. The molecule has 0 saturated carbocycles. The molecule has 0 aromatic heterocycles. The number of carbonyl (C=O) groups excluding carboxylic acids is 7. The van der Waals surface area contributed by atoms with E-state index < -0.39 is 108 Å². The first-order chi connectivity index (χ1) is 25.8. The molecule has 0 rings (SSSR count). The summed E-state index contributed by atoms with van der Waals surface area (Å²) >= 11 is 4.18. The third-order valence-electron chi connectivity index (χ3n) is 8.59. The SMILES string of the molecule is CC(C)C[C@H](NC(=O)CNC(=O)[C@H](CC(C)C)NC(=O)[C@H](CS)NC(=O)[C@@H](NC(=O)[C@@H](NC(=O)[C@H](CC(C)C)NC(=O)[C@@H](N)C(C)C)C(C)C)[C@@H](C)O)C(=O)O. The van der Waals surface area contributed by atoms with E-state index in [9.17, 15) is 48.6 Å². The van der Waals surface area contributed by atoms with Gasteiger partial charge in [-0.2, -0.15) is 12.6 Å². The molecule has 0 aromatic carbocycles. The van der Waals surface area contributed by atoms with Crippen LogP contribution in [0, 0.1) is 29.6 Å². The van der Waals surface area contributed by atoms with Crippen molar-refractivity contribution in [1.82, 2.24) is 37.2 Å². The molecule has 0 saturated heterocycles. The number of hydrogen-bond donors (Lipinski definition) is 11. The predicted molar refractivity (Wildman–Crippen MR) is 214 cm³/mol. The van der Waals surface area contributed by atoms with Crippen molar-refractivity contribution in [3.05, 3.63) is 0 Å². The molecule has 19 heteroatoms. The lowest BCUT2D eigenvalue weighted by atomic mass is 9.98. The molecule has 0 radical (unpaired) electrons. The lowest BCUT2D eigenvalue weighted by Crippen LogP contribution is -2.62. The first-order valence-corrected chi connectivity index (χ1v) is 19.8. The normalized spacial score (nSPS) is 15.8. The van der Waals surface area contributed by atoms with Gasteiger partial charge < -0.3 is 53.2 Å². The highest BCUT2D eigenvalue weighted by atomic mass is 32.1. The summed E-state index contributed by atoms with van der Waals surface area (Å²) in [6.45, 7) is 18.5. The third-order valence-corrected chi connectivity index (χ3v) is 8.95. The number of rotatable bonds is 25. The minimum absolute atomic E-state index is 0.0116. The molecule has 0 heterocycles. The molecule has 7 amide bonds. The second kappa shape index (κ2) is 25.3. The average Bonchev–Trinajstić information content (AvgIpc) is 3.07. The highest BCUT2D eigenvalue weighted by Crippen LogP contribution is 2.11. The largest absolute Gasteiger partial charge is 0.480 e. The van der Waals surface area contributed by atoms with Gasteiger partial charge in [0.25, 0.3) is 0 Å². The number of carboxylic acids is 1. The number of hydrogen-bond acceptors (Lipinski definition) is 11. The number of amides is 7. The van der Waals surface area contributed by atoms with Crippen LogP contribution >= 0.6 is 12.6 Å². The van der Waals surface area contributed by atoms with Crippen molar-refractivity contribution in [1.29, 1.82) is 0 Å². The summed E-state index contributed by atoms with van der Waals surface area (Å²) in [6.07, 6.45) is -0.899. The summed E-state index contributed by atoms with van der Waals surface area (Å²) in [5, 5.41) is 37.5. The Kier molecular flexibility index (Phi) is 23.5. The molecule has 0 spiro atoms. The molecule has 322 valence electrons. The van der Waals surface area contributed by atoms with E-state index in [1.807, 2.05) is 13.8 Å². The molecule has 0 fully saturated rings. The Labute approximate surface area is 336 Å². The van der Waals surface area contributed by atoms with Crippen LogP contribution in [0.1, 0.15) is 95.4 Å². The molecule has 0 bridgehead atoms. The van der Waals surface area contributed by atoms with Crippen LogP contribution in [0.15, 0.2) is 0 Å². The standard InChI is InChI=1S/C37H68N8O10S/c1-17(2)12-23(31(48)39-15-27(47)40-25(37(54)55)14-19(5)6)41-33(50)26(16-56)43-36(53)30(22(11)46)45-35(52)29(21(9)10)44-32(49)24(13-18(3)4)42-34(51)28(38)20(7)8/h17-26,28-30,46,56H,12-16,38H2,1-11H3,(H,39,48)(H,40,47)(H,41,50)(H,42,51)(H,43,53)(H,44,49)(H,45,52)(H,54,55)/t22-,23+,24+,25+,26+,28+,29+,30+/m1/s1. The Morgan fingerprint density at radius 1 is 0.518 bits per heavy atom. The van der Waals surface area contributed by atoms with Crippen molar-refractivity contribution < 1.29 is 48.6 Å². The van der Waals surface area contributed by atoms with E-state index in [1.54, 1.807) is 55.4 Å². The molecule has 0 unspecified atom stereocenters. The van der Waals surface area contributed by atoms with Gasteiger partial charge in [-0.3, -0.25) is 33.6 Å². The van der Waals surface area contributed by atoms with E-state index in [4.69, 9.17) is 5.73 Å². The van der Waals surface area contributed by atoms with E-state index in [0.29, 0.717) is 0 Å². The van der Waals surface area contributed by atoms with Gasteiger partial charge >= 0.3 is 5.97 Å². The predicted octanol–water partition coefficient (Wildman–Crippen LogP) is -0.816. The van der Waals surface area contributed by atoms with Gasteiger partial charge in [0.1, 0.15) is 36.3 Å². The number of aliphatic hydroxyl groups excluding tert-OH is 1. The minimum Gasteiger partial charge on any atom is -0.480 e. The van der Waals surface area contributed by atoms with Gasteiger partial charge in [0.2, 0.25) is 41.4 Å². The van der Waals surface area contributed by atoms with Crippen LogP contribution in [0.4, 0.5) is 0 Å². The van der Waals surface area contributed by atoms with E-state index in [1.165, 1.54) is 6.92 Å². The monoisotopic (exact) mass is 816 g/mol. The highest BCUT2D eigenvalue weighted by Gasteiger charge is 2.36. The molecule has 0 aromatic rings. The zero-order valence-electron chi connectivity index (χ0n) is 34.7. The van der Waals surface area contributed by atoms with Gasteiger partial charge in [0.05, 0.1) is 18.7 Å². The number of nitrogens with one attached hydrogen (secondary N) is 7. The summed E-state index contributed by atoms with van der Waals surface area (Å²) in [5.74, 6) is -7.51. The third kappa shape index (κ3) is 19.3. The Hall–Kier alpha value is -3.97. The van der Waals surface area contributed by atoms with Gasteiger partial charge in [-0.05, 0) is 55.8 Å². The van der Waals surface area contributed by atoms with Crippen LogP contribution in [0.2, 0.25) is 0 Å². The molecule has 8 atom stereocenters. The lowest BCUT2D eigenvalue weighted by Gasteiger charge is -2.30. The molecule has 0 aliphatic carbocycles. The highest BCUT2D eigenvalue weighted by molar-refractivity contribution is 7.80. The van der Waals surface area contributed by atoms with Gasteiger partial charge in [-0.25, -0.2) is 4.79 Å². The van der Waals surface area contributed by atoms with Crippen LogP contribution in [-0.2, 0) is 38.4 Å². The second-order valence-corrected chi connectivity index (χ2v) is 16.5. The maximum Gasteiger partial charge on any atom is 0.326 e. The Balaban J connectivity index is 5.86. The van der Waals surface area contributed by atoms with Crippen molar-refractivity contribution in [2.45, 2.75) is 144 Å². The molecular weight excluding hydrogens is 749 g/mol. The quantitative estimate of drug-likeness (QED) is 0.0507. The maximum atomic E-state index is 13.5. The topological polar surface area (TPSA) is 287 Å². The molecule has 0 aliphatic rings. The molecular formula is C37H68N8O10S. The Morgan fingerprint density at radius 3 is 1.36 bits per heavy atom. The summed E-state index contributed by atoms with van der Waals surface area (Å²) in [5.41, 5.74) is 5.98. The number of aliphatic hydroxyl groups is 1. The van der Waals surface area contributed by atoms with Crippen molar-refractivity contribution in [3.63, 3.8) is 0 Å². The fraction of sp³-hybridized carbons (Fsp3) is 0.784. The average molecular weight is 817 g/mol. The second-order valence-electron chi connectivity index (χ2n) is 16.2. The fourth-order valence-corrected chi connectivity index (χ4v) is 5.63. The van der Waals surface area contributed by atoms with Crippen LogP contribution in [0.5, 0.6) is 0 Å². The summed E-state index contributed by atoms with van der Waals surface area (Å²) in [7, 11) is 0. The van der Waals surface area contributed by atoms with E-state index in [-0.39, 0.29) is 48.7 Å². The summed E-state index contributed by atoms with van der Waals surface area (Å²) < 4.78 is 0. The van der Waals surface area contributed by atoms with Crippen molar-refractivity contribution in [3.8, 4) is 0 Å². The number of nitrogens with two attached hydrogens (primary N) is 1. The van der Waals surface area contributed by atoms with Crippen molar-refractivity contribution in [2.24, 2.45) is 35.3 Å². The van der Waals surface area contributed by atoms with Crippen LogP contribution in [-0.4, -0.2) is 118 Å². The maximum absolute atomic E-state index is 13.5. The van der Waals surface area contributed by atoms with E-state index >= 15 is 0 Å². The minimum atomic E-state index is -1.59. The number of carbonyl (C=O) groups is 8. The van der Waals surface area contributed by atoms with Crippen molar-refractivity contribution >= 4 is 59.9 Å². The van der Waals surface area contributed by atoms with E-state index in [2.05, 4.69) is 49.8 Å². The van der Waals surface area contributed by atoms with Gasteiger partial charge in [0.15, 0.2) is 0 Å². The zero-order valence-corrected chi connectivity index (χ0v) is 35.6.